The van der Waals surface area contributed by atoms with E-state index in [1.165, 1.54) is 0 Å². The van der Waals surface area contributed by atoms with Crippen LogP contribution in [0.2, 0.25) is 10.0 Å². The van der Waals surface area contributed by atoms with E-state index in [0.717, 1.165) is 11.1 Å². The number of ether oxygens (including phenoxy) is 1. The molecule has 0 aliphatic heterocycles. The van der Waals surface area contributed by atoms with E-state index in [1.807, 2.05) is 19.9 Å². The maximum Gasteiger partial charge on any atom is 0.198 e. The van der Waals surface area contributed by atoms with Crippen molar-refractivity contribution in [1.29, 1.82) is 0 Å². The molecular weight excluding hydrogens is 295 g/mol. The Morgan fingerprint density at radius 3 is 2.30 bits per heavy atom. The molecule has 0 amide bonds. The van der Waals surface area contributed by atoms with E-state index < -0.39 is 0 Å². The van der Waals surface area contributed by atoms with Gasteiger partial charge in [0, 0.05) is 10.6 Å². The van der Waals surface area contributed by atoms with E-state index in [4.69, 9.17) is 27.9 Å². The molecule has 2 rings (SSSR count). The molecule has 0 radical (unpaired) electrons. The molecule has 0 aromatic heterocycles. The Morgan fingerprint density at radius 1 is 1.05 bits per heavy atom. The zero-order chi connectivity index (χ0) is 14.9. The lowest BCUT2D eigenvalue weighted by molar-refractivity contribution is 0.103. The third kappa shape index (κ3) is 2.67. The zero-order valence-electron chi connectivity index (χ0n) is 11.5. The van der Waals surface area contributed by atoms with Crippen molar-refractivity contribution in [3.63, 3.8) is 0 Å². The summed E-state index contributed by atoms with van der Waals surface area (Å²) in [4.78, 5) is 12.6. The number of carbonyl (C=O) groups is 1. The molecule has 2 aromatic rings. The lowest BCUT2D eigenvalue weighted by Gasteiger charge is -2.13. The molecule has 0 spiro atoms. The lowest BCUT2D eigenvalue weighted by atomic mass is 9.97. The minimum absolute atomic E-state index is 0.174. The van der Waals surface area contributed by atoms with Crippen LogP contribution in [0.5, 0.6) is 5.75 Å². The third-order valence-corrected chi connectivity index (χ3v) is 3.85. The average Bonchev–Trinajstić information content (AvgIpc) is 2.41. The van der Waals surface area contributed by atoms with Gasteiger partial charge < -0.3 is 4.74 Å². The lowest BCUT2D eigenvalue weighted by Crippen LogP contribution is -2.06. The normalized spacial score (nSPS) is 10.4. The number of methoxy groups -OCH3 is 1. The SMILES string of the molecule is COc1c(C(=O)c2ccc(Cl)cc2Cl)ccc(C)c1C. The Morgan fingerprint density at radius 2 is 1.70 bits per heavy atom. The van der Waals surface area contributed by atoms with Crippen LogP contribution in [0.25, 0.3) is 0 Å². The number of halogens is 2. The number of ketones is 1. The van der Waals surface area contributed by atoms with Gasteiger partial charge in [-0.1, -0.05) is 29.3 Å². The van der Waals surface area contributed by atoms with Crippen molar-refractivity contribution in [2.24, 2.45) is 0 Å². The second-order valence-electron chi connectivity index (χ2n) is 4.54. The molecule has 4 heteroatoms. The molecule has 2 nitrogen and oxygen atoms in total. The summed E-state index contributed by atoms with van der Waals surface area (Å²) in [5, 5.41) is 0.835. The highest BCUT2D eigenvalue weighted by molar-refractivity contribution is 6.37. The maximum absolute atomic E-state index is 12.6. The van der Waals surface area contributed by atoms with Crippen LogP contribution in [0.4, 0.5) is 0 Å². The molecular formula is C16H14Cl2O2. The second-order valence-corrected chi connectivity index (χ2v) is 5.39. The Kier molecular flexibility index (Phi) is 4.36. The van der Waals surface area contributed by atoms with E-state index in [1.54, 1.807) is 31.4 Å². The smallest absolute Gasteiger partial charge is 0.198 e. The van der Waals surface area contributed by atoms with Gasteiger partial charge in [0.2, 0.25) is 0 Å². The molecule has 0 heterocycles. The number of aryl methyl sites for hydroxylation is 1. The quantitative estimate of drug-likeness (QED) is 0.758. The number of rotatable bonds is 3. The van der Waals surface area contributed by atoms with Crippen LogP contribution in [0.1, 0.15) is 27.0 Å². The minimum Gasteiger partial charge on any atom is -0.496 e. The molecule has 0 unspecified atom stereocenters. The molecule has 0 saturated heterocycles. The first-order chi connectivity index (χ1) is 9.45. The fraction of sp³-hybridized carbons (Fsp3) is 0.188. The molecule has 0 atom stereocenters. The van der Waals surface area contributed by atoms with Gasteiger partial charge in [0.05, 0.1) is 17.7 Å². The van der Waals surface area contributed by atoms with Crippen LogP contribution in [0.15, 0.2) is 30.3 Å². The number of benzene rings is 2. The first-order valence-electron chi connectivity index (χ1n) is 6.09. The second kappa shape index (κ2) is 5.86. The molecule has 104 valence electrons. The molecule has 20 heavy (non-hydrogen) atoms. The van der Waals surface area contributed by atoms with Crippen LogP contribution in [-0.2, 0) is 0 Å². The average molecular weight is 309 g/mol. The fourth-order valence-corrected chi connectivity index (χ4v) is 2.54. The Balaban J connectivity index is 2.56. The van der Waals surface area contributed by atoms with E-state index in [-0.39, 0.29) is 5.78 Å². The van der Waals surface area contributed by atoms with E-state index in [0.29, 0.717) is 26.9 Å². The third-order valence-electron chi connectivity index (χ3n) is 3.30. The largest absolute Gasteiger partial charge is 0.496 e. The topological polar surface area (TPSA) is 26.3 Å². The molecule has 0 aliphatic carbocycles. The summed E-state index contributed by atoms with van der Waals surface area (Å²) in [6.45, 7) is 3.90. The Labute approximate surface area is 128 Å². The van der Waals surface area contributed by atoms with Crippen molar-refractivity contribution in [3.05, 3.63) is 62.6 Å². The Bertz CT molecular complexity index is 678. The maximum atomic E-state index is 12.6. The van der Waals surface area contributed by atoms with Crippen molar-refractivity contribution in [2.45, 2.75) is 13.8 Å². The van der Waals surface area contributed by atoms with Crippen molar-refractivity contribution in [3.8, 4) is 5.75 Å². The number of hydrogen-bond acceptors (Lipinski definition) is 2. The molecule has 0 fully saturated rings. The van der Waals surface area contributed by atoms with E-state index in [9.17, 15) is 4.79 Å². The van der Waals surface area contributed by atoms with Crippen LogP contribution in [-0.4, -0.2) is 12.9 Å². The number of carbonyl (C=O) groups excluding carboxylic acids is 1. The molecule has 0 aliphatic rings. The standard InChI is InChI=1S/C16H14Cl2O2/c1-9-4-6-13(16(20-3)10(9)2)15(19)12-7-5-11(17)8-14(12)18/h4-8H,1-3H3. The predicted molar refractivity (Wildman–Crippen MR) is 82.4 cm³/mol. The highest BCUT2D eigenvalue weighted by Crippen LogP contribution is 2.30. The minimum atomic E-state index is -0.174. The number of hydrogen-bond donors (Lipinski definition) is 0. The summed E-state index contributed by atoms with van der Waals surface area (Å²) < 4.78 is 5.37. The fourth-order valence-electron chi connectivity index (χ4n) is 2.05. The van der Waals surface area contributed by atoms with Crippen molar-refractivity contribution >= 4 is 29.0 Å². The molecule has 0 N–H and O–H groups in total. The highest BCUT2D eigenvalue weighted by atomic mass is 35.5. The zero-order valence-corrected chi connectivity index (χ0v) is 13.0. The van der Waals surface area contributed by atoms with Gasteiger partial charge >= 0.3 is 0 Å². The summed E-state index contributed by atoms with van der Waals surface area (Å²) in [7, 11) is 1.56. The summed E-state index contributed by atoms with van der Waals surface area (Å²) in [6, 6.07) is 8.49. The predicted octanol–water partition coefficient (Wildman–Crippen LogP) is 4.85. The van der Waals surface area contributed by atoms with Gasteiger partial charge in [0.1, 0.15) is 5.75 Å². The van der Waals surface area contributed by atoms with Gasteiger partial charge in [-0.25, -0.2) is 0 Å². The van der Waals surface area contributed by atoms with E-state index in [2.05, 4.69) is 0 Å². The molecule has 2 aromatic carbocycles. The first-order valence-corrected chi connectivity index (χ1v) is 6.85. The van der Waals surface area contributed by atoms with Gasteiger partial charge in [0.25, 0.3) is 0 Å². The molecule has 0 bridgehead atoms. The summed E-state index contributed by atoms with van der Waals surface area (Å²) >= 11 is 11.9. The summed E-state index contributed by atoms with van der Waals surface area (Å²) in [5.74, 6) is 0.410. The van der Waals surface area contributed by atoms with Crippen molar-refractivity contribution in [2.75, 3.05) is 7.11 Å². The highest BCUT2D eigenvalue weighted by Gasteiger charge is 2.19. The van der Waals surface area contributed by atoms with Crippen LogP contribution >= 0.6 is 23.2 Å². The van der Waals surface area contributed by atoms with Gasteiger partial charge in [-0.15, -0.1) is 0 Å². The van der Waals surface area contributed by atoms with Gasteiger partial charge in [-0.2, -0.15) is 0 Å². The van der Waals surface area contributed by atoms with Gasteiger partial charge in [0.15, 0.2) is 5.78 Å². The van der Waals surface area contributed by atoms with E-state index >= 15 is 0 Å². The van der Waals surface area contributed by atoms with Crippen LogP contribution in [0, 0.1) is 13.8 Å². The van der Waals surface area contributed by atoms with Gasteiger partial charge in [-0.3, -0.25) is 4.79 Å². The van der Waals surface area contributed by atoms with Gasteiger partial charge in [-0.05, 0) is 49.2 Å². The summed E-state index contributed by atoms with van der Waals surface area (Å²) in [5.41, 5.74) is 2.93. The summed E-state index contributed by atoms with van der Waals surface area (Å²) in [6.07, 6.45) is 0. The molecule has 0 saturated carbocycles. The monoisotopic (exact) mass is 308 g/mol. The van der Waals surface area contributed by atoms with Crippen molar-refractivity contribution in [1.82, 2.24) is 0 Å². The van der Waals surface area contributed by atoms with Crippen LogP contribution < -0.4 is 4.74 Å². The van der Waals surface area contributed by atoms with Crippen molar-refractivity contribution < 1.29 is 9.53 Å². The van der Waals surface area contributed by atoms with Crippen LogP contribution in [0.3, 0.4) is 0 Å². The Hall–Kier alpha value is -1.51. The first kappa shape index (κ1) is 14.9.